The number of aromatic nitrogens is 1. The number of hydrogen-bond acceptors (Lipinski definition) is 4. The summed E-state index contributed by atoms with van der Waals surface area (Å²) in [7, 11) is 0. The zero-order chi connectivity index (χ0) is 24.2. The Balaban J connectivity index is 1.67. The molecule has 0 saturated carbocycles. The Morgan fingerprint density at radius 3 is 2.36 bits per heavy atom. The first-order valence-electron chi connectivity index (χ1n) is 9.16. The van der Waals surface area contributed by atoms with Gasteiger partial charge < -0.3 is 21.1 Å². The number of carbonyl (C=O) groups excluding carboxylic acids is 2. The summed E-state index contributed by atoms with van der Waals surface area (Å²) in [6.45, 7) is 0. The third-order valence-electron chi connectivity index (χ3n) is 4.10. The second-order valence-electron chi connectivity index (χ2n) is 6.64. The minimum Gasteiger partial charge on any atom is -0.457 e. The number of carbonyl (C=O) groups is 2. The fraction of sp³-hybridized carbons (Fsp3) is 0.0952. The summed E-state index contributed by atoms with van der Waals surface area (Å²) in [5.74, 6) is 0.179. The fourth-order valence-corrected chi connectivity index (χ4v) is 3.14. The van der Waals surface area contributed by atoms with Gasteiger partial charge in [-0.3, -0.25) is 9.78 Å². The van der Waals surface area contributed by atoms with Crippen molar-refractivity contribution >= 4 is 46.5 Å². The normalized spacial score (nSPS) is 11.1. The van der Waals surface area contributed by atoms with E-state index in [1.165, 1.54) is 30.5 Å². The lowest BCUT2D eigenvalue weighted by Gasteiger charge is -2.13. The maximum atomic E-state index is 13.0. The van der Waals surface area contributed by atoms with Gasteiger partial charge in [-0.05, 0) is 36.4 Å². The van der Waals surface area contributed by atoms with Gasteiger partial charge in [0.05, 0.1) is 33.4 Å². The van der Waals surface area contributed by atoms with Crippen LogP contribution in [0.25, 0.3) is 0 Å². The van der Waals surface area contributed by atoms with Crippen LogP contribution in [-0.4, -0.2) is 16.9 Å². The Hall–Kier alpha value is -3.50. The number of benzene rings is 2. The monoisotopic (exact) mass is 498 g/mol. The Kier molecular flexibility index (Phi) is 7.29. The molecular weight excluding hydrogens is 484 g/mol. The molecule has 2 aromatic carbocycles. The molecule has 1 aromatic heterocycles. The van der Waals surface area contributed by atoms with Crippen LogP contribution < -0.4 is 21.1 Å². The van der Waals surface area contributed by atoms with Gasteiger partial charge in [-0.1, -0.05) is 23.2 Å². The molecule has 3 rings (SSSR count). The third kappa shape index (κ3) is 6.74. The second kappa shape index (κ2) is 9.97. The molecule has 3 aromatic rings. The van der Waals surface area contributed by atoms with E-state index < -0.39 is 28.7 Å². The molecule has 33 heavy (non-hydrogen) atoms. The summed E-state index contributed by atoms with van der Waals surface area (Å²) >= 11 is 11.8. The van der Waals surface area contributed by atoms with Gasteiger partial charge in [-0.25, -0.2) is 4.79 Å². The number of pyridine rings is 1. The summed E-state index contributed by atoms with van der Waals surface area (Å²) in [6, 6.07) is 9.68. The number of nitrogens with zero attached hydrogens (tertiary/aromatic N) is 1. The van der Waals surface area contributed by atoms with Crippen LogP contribution in [0.15, 0.2) is 54.7 Å². The molecule has 0 unspecified atom stereocenters. The number of urea groups is 1. The van der Waals surface area contributed by atoms with E-state index in [0.29, 0.717) is 17.2 Å². The Morgan fingerprint density at radius 2 is 1.70 bits per heavy atom. The minimum atomic E-state index is -4.67. The number of alkyl halides is 3. The van der Waals surface area contributed by atoms with Crippen LogP contribution in [0.5, 0.6) is 11.5 Å². The van der Waals surface area contributed by atoms with E-state index in [1.54, 1.807) is 12.1 Å². The van der Waals surface area contributed by atoms with Gasteiger partial charge in [0, 0.05) is 24.0 Å². The molecule has 0 aliphatic heterocycles. The van der Waals surface area contributed by atoms with Crippen molar-refractivity contribution in [2.75, 3.05) is 10.6 Å². The lowest BCUT2D eigenvalue weighted by atomic mass is 10.2. The van der Waals surface area contributed by atoms with Crippen LogP contribution in [0.1, 0.15) is 11.3 Å². The van der Waals surface area contributed by atoms with E-state index in [2.05, 4.69) is 15.6 Å². The molecule has 172 valence electrons. The molecule has 0 fully saturated rings. The fourth-order valence-electron chi connectivity index (χ4n) is 2.70. The summed E-state index contributed by atoms with van der Waals surface area (Å²) in [4.78, 5) is 27.3. The largest absolute Gasteiger partial charge is 0.457 e. The minimum absolute atomic E-state index is 0.0476. The average molecular weight is 499 g/mol. The van der Waals surface area contributed by atoms with Gasteiger partial charge in [0.15, 0.2) is 0 Å². The molecule has 3 amide bonds. The highest BCUT2D eigenvalue weighted by Crippen LogP contribution is 2.36. The van der Waals surface area contributed by atoms with E-state index >= 15 is 0 Å². The molecular formula is C21H15Cl2F3N4O3. The number of rotatable bonds is 6. The topological polar surface area (TPSA) is 106 Å². The van der Waals surface area contributed by atoms with Crippen LogP contribution >= 0.6 is 23.2 Å². The van der Waals surface area contributed by atoms with Gasteiger partial charge in [-0.2, -0.15) is 13.2 Å². The molecule has 0 bridgehead atoms. The molecule has 1 heterocycles. The zero-order valence-corrected chi connectivity index (χ0v) is 18.1. The second-order valence-corrected chi connectivity index (χ2v) is 7.46. The van der Waals surface area contributed by atoms with Gasteiger partial charge in [0.1, 0.15) is 11.5 Å². The van der Waals surface area contributed by atoms with Gasteiger partial charge in [-0.15, -0.1) is 0 Å². The Bertz CT molecular complexity index is 1210. The predicted molar refractivity (Wildman–Crippen MR) is 118 cm³/mol. The van der Waals surface area contributed by atoms with Crippen molar-refractivity contribution in [3.8, 4) is 11.5 Å². The van der Waals surface area contributed by atoms with Crippen molar-refractivity contribution in [1.29, 1.82) is 0 Å². The standard InChI is InChI=1S/C21H15Cl2F3N4O3/c22-16-3-1-11(8-15(16)21(24,25)26)29-20(32)30-18-4-2-13(10-17(18)23)33-14-5-6-28-12(7-14)9-19(27)31/h1-8,10H,9H2,(H2,27,31)(H2,29,30,32). The van der Waals surface area contributed by atoms with Crippen LogP contribution in [0, 0.1) is 0 Å². The molecule has 7 nitrogen and oxygen atoms in total. The van der Waals surface area contributed by atoms with E-state index in [9.17, 15) is 22.8 Å². The number of anilines is 2. The van der Waals surface area contributed by atoms with Crippen molar-refractivity contribution < 1.29 is 27.5 Å². The summed E-state index contributed by atoms with van der Waals surface area (Å²) < 4.78 is 44.6. The molecule has 0 aliphatic rings. The number of hydrogen-bond donors (Lipinski definition) is 3. The molecule has 0 spiro atoms. The highest BCUT2D eigenvalue weighted by molar-refractivity contribution is 6.34. The summed E-state index contributed by atoms with van der Waals surface area (Å²) in [6.07, 6.45) is -3.26. The van der Waals surface area contributed by atoms with Crippen LogP contribution in [-0.2, 0) is 17.4 Å². The molecule has 0 aliphatic carbocycles. The number of ether oxygens (including phenoxy) is 1. The zero-order valence-electron chi connectivity index (χ0n) is 16.5. The Morgan fingerprint density at radius 1 is 0.970 bits per heavy atom. The van der Waals surface area contributed by atoms with E-state index in [0.717, 1.165) is 12.1 Å². The molecule has 0 radical (unpaired) electrons. The van der Waals surface area contributed by atoms with Crippen LogP contribution in [0.4, 0.5) is 29.3 Å². The van der Waals surface area contributed by atoms with E-state index in [4.69, 9.17) is 33.7 Å². The van der Waals surface area contributed by atoms with Gasteiger partial charge >= 0.3 is 12.2 Å². The maximum absolute atomic E-state index is 13.0. The first kappa shape index (κ1) is 24.1. The number of nitrogens with two attached hydrogens (primary N) is 1. The maximum Gasteiger partial charge on any atom is 0.417 e. The van der Waals surface area contributed by atoms with Crippen molar-refractivity contribution in [3.05, 3.63) is 76.0 Å². The number of halogens is 5. The molecule has 0 saturated heterocycles. The van der Waals surface area contributed by atoms with Gasteiger partial charge in [0.25, 0.3) is 0 Å². The predicted octanol–water partition coefficient (Wildman–Crippen LogP) is 5.87. The first-order chi connectivity index (χ1) is 15.5. The molecule has 4 N–H and O–H groups in total. The highest BCUT2D eigenvalue weighted by Gasteiger charge is 2.33. The number of nitrogens with one attached hydrogen (secondary N) is 2. The number of amides is 3. The van der Waals surface area contributed by atoms with Crippen LogP contribution in [0.2, 0.25) is 10.0 Å². The Labute approximate surface area is 195 Å². The lowest BCUT2D eigenvalue weighted by molar-refractivity contribution is -0.137. The average Bonchev–Trinajstić information content (AvgIpc) is 2.70. The van der Waals surface area contributed by atoms with Crippen LogP contribution in [0.3, 0.4) is 0 Å². The molecule has 0 atom stereocenters. The smallest absolute Gasteiger partial charge is 0.417 e. The lowest BCUT2D eigenvalue weighted by Crippen LogP contribution is -2.20. The summed E-state index contributed by atoms with van der Waals surface area (Å²) in [5, 5.41) is 4.36. The number of primary amides is 1. The van der Waals surface area contributed by atoms with Crippen molar-refractivity contribution in [3.63, 3.8) is 0 Å². The first-order valence-corrected chi connectivity index (χ1v) is 9.92. The molecule has 12 heteroatoms. The van der Waals surface area contributed by atoms with E-state index in [1.807, 2.05) is 0 Å². The van der Waals surface area contributed by atoms with E-state index in [-0.39, 0.29) is 22.8 Å². The highest BCUT2D eigenvalue weighted by atomic mass is 35.5. The third-order valence-corrected chi connectivity index (χ3v) is 4.74. The van der Waals surface area contributed by atoms with Gasteiger partial charge in [0.2, 0.25) is 5.91 Å². The van der Waals surface area contributed by atoms with Crippen molar-refractivity contribution in [1.82, 2.24) is 4.98 Å². The van der Waals surface area contributed by atoms with Crippen molar-refractivity contribution in [2.45, 2.75) is 12.6 Å². The SMILES string of the molecule is NC(=O)Cc1cc(Oc2ccc(NC(=O)Nc3ccc(Cl)c(C(F)(F)F)c3)c(Cl)c2)ccn1. The van der Waals surface area contributed by atoms with Crippen molar-refractivity contribution in [2.24, 2.45) is 5.73 Å². The summed E-state index contributed by atoms with van der Waals surface area (Å²) in [5.41, 5.74) is 4.59. The quantitative estimate of drug-likeness (QED) is 0.394.